The first-order valence-electron chi connectivity index (χ1n) is 6.33. The van der Waals surface area contributed by atoms with Gasteiger partial charge >= 0.3 is 0 Å². The molecule has 18 heavy (non-hydrogen) atoms. The minimum atomic E-state index is -0.0253. The van der Waals surface area contributed by atoms with Crippen LogP contribution in [0.25, 0.3) is 0 Å². The van der Waals surface area contributed by atoms with Crippen LogP contribution in [0.15, 0.2) is 28.7 Å². The predicted molar refractivity (Wildman–Crippen MR) is 74.4 cm³/mol. The molecule has 0 aliphatic heterocycles. The number of nitrogens with one attached hydrogen (secondary N) is 1. The Labute approximate surface area is 116 Å². The van der Waals surface area contributed by atoms with Gasteiger partial charge in [-0.3, -0.25) is 4.79 Å². The third-order valence-electron chi connectivity index (χ3n) is 2.96. The third-order valence-corrected chi connectivity index (χ3v) is 3.73. The van der Waals surface area contributed by atoms with Crippen LogP contribution < -0.4 is 5.32 Å². The van der Waals surface area contributed by atoms with Crippen LogP contribution in [0.1, 0.15) is 18.4 Å². The molecule has 1 amide bonds. The molecule has 1 aromatic rings. The Kier molecular flexibility index (Phi) is 5.20. The quantitative estimate of drug-likeness (QED) is 0.840. The number of halogens is 1. The molecule has 0 bridgehead atoms. The van der Waals surface area contributed by atoms with E-state index in [1.54, 1.807) is 0 Å². The zero-order valence-electron chi connectivity index (χ0n) is 10.3. The smallest absolute Gasteiger partial charge is 0.246 e. The standard InChI is InChI=1S/C14H18BrNO2/c15-13-4-2-1-3-12(13)7-8-16-14(17)10-18-9-11-5-6-11/h1-4,11H,5-10H2,(H,16,17). The summed E-state index contributed by atoms with van der Waals surface area (Å²) in [5, 5.41) is 2.87. The van der Waals surface area contributed by atoms with Gasteiger partial charge in [-0.15, -0.1) is 0 Å². The summed E-state index contributed by atoms with van der Waals surface area (Å²) in [4.78, 5) is 11.5. The van der Waals surface area contributed by atoms with E-state index in [4.69, 9.17) is 4.74 Å². The van der Waals surface area contributed by atoms with Crippen LogP contribution >= 0.6 is 15.9 Å². The second-order valence-corrected chi connectivity index (χ2v) is 5.50. The minimum Gasteiger partial charge on any atom is -0.371 e. The second kappa shape index (κ2) is 6.90. The number of hydrogen-bond donors (Lipinski definition) is 1. The Morgan fingerprint density at radius 1 is 1.39 bits per heavy atom. The van der Waals surface area contributed by atoms with Gasteiger partial charge in [0.1, 0.15) is 6.61 Å². The zero-order valence-corrected chi connectivity index (χ0v) is 11.9. The first-order chi connectivity index (χ1) is 8.75. The topological polar surface area (TPSA) is 38.3 Å². The molecule has 1 aliphatic carbocycles. The van der Waals surface area contributed by atoms with Crippen LogP contribution in [0.2, 0.25) is 0 Å². The Morgan fingerprint density at radius 3 is 2.89 bits per heavy atom. The van der Waals surface area contributed by atoms with Crippen LogP contribution in [-0.2, 0) is 16.0 Å². The summed E-state index contributed by atoms with van der Waals surface area (Å²) in [7, 11) is 0. The number of carbonyl (C=O) groups excluding carboxylic acids is 1. The lowest BCUT2D eigenvalue weighted by atomic mass is 10.1. The van der Waals surface area contributed by atoms with Gasteiger partial charge in [0.15, 0.2) is 0 Å². The average molecular weight is 312 g/mol. The van der Waals surface area contributed by atoms with Gasteiger partial charge in [0.05, 0.1) is 6.61 Å². The first kappa shape index (κ1) is 13.6. The van der Waals surface area contributed by atoms with Crippen molar-refractivity contribution in [1.29, 1.82) is 0 Å². The molecule has 1 fully saturated rings. The fraction of sp³-hybridized carbons (Fsp3) is 0.500. The SMILES string of the molecule is O=C(COCC1CC1)NCCc1ccccc1Br. The van der Waals surface area contributed by atoms with Crippen molar-refractivity contribution in [3.05, 3.63) is 34.3 Å². The van der Waals surface area contributed by atoms with Gasteiger partial charge < -0.3 is 10.1 Å². The molecule has 1 saturated carbocycles. The average Bonchev–Trinajstić information content (AvgIpc) is 3.16. The van der Waals surface area contributed by atoms with Gasteiger partial charge in [-0.05, 0) is 36.8 Å². The summed E-state index contributed by atoms with van der Waals surface area (Å²) in [5.41, 5.74) is 1.21. The maximum absolute atomic E-state index is 11.5. The van der Waals surface area contributed by atoms with E-state index >= 15 is 0 Å². The number of ether oxygens (including phenoxy) is 1. The first-order valence-corrected chi connectivity index (χ1v) is 7.13. The van der Waals surface area contributed by atoms with E-state index in [9.17, 15) is 4.79 Å². The molecule has 0 radical (unpaired) electrons. The van der Waals surface area contributed by atoms with Crippen LogP contribution in [-0.4, -0.2) is 25.7 Å². The summed E-state index contributed by atoms with van der Waals surface area (Å²) < 4.78 is 6.41. The fourth-order valence-corrected chi connectivity index (χ4v) is 2.17. The molecular formula is C14H18BrNO2. The Morgan fingerprint density at radius 2 is 2.17 bits per heavy atom. The molecule has 0 aromatic heterocycles. The van der Waals surface area contributed by atoms with Crippen molar-refractivity contribution in [2.75, 3.05) is 19.8 Å². The molecule has 1 aliphatic rings. The second-order valence-electron chi connectivity index (χ2n) is 4.65. The monoisotopic (exact) mass is 311 g/mol. The van der Waals surface area contributed by atoms with Gasteiger partial charge in [-0.1, -0.05) is 34.1 Å². The Bertz CT molecular complexity index is 405. The van der Waals surface area contributed by atoms with E-state index < -0.39 is 0 Å². The molecule has 0 unspecified atom stereocenters. The molecule has 0 atom stereocenters. The lowest BCUT2D eigenvalue weighted by Crippen LogP contribution is -2.29. The van der Waals surface area contributed by atoms with Gasteiger partial charge in [0.2, 0.25) is 5.91 Å². The van der Waals surface area contributed by atoms with Crippen LogP contribution in [0.3, 0.4) is 0 Å². The molecule has 4 heteroatoms. The van der Waals surface area contributed by atoms with E-state index in [1.165, 1.54) is 18.4 Å². The predicted octanol–water partition coefficient (Wildman–Crippen LogP) is 2.53. The Balaban J connectivity index is 1.59. The third kappa shape index (κ3) is 4.78. The highest BCUT2D eigenvalue weighted by Crippen LogP contribution is 2.28. The molecule has 0 heterocycles. The van der Waals surface area contributed by atoms with Gasteiger partial charge in [-0.25, -0.2) is 0 Å². The molecule has 0 saturated heterocycles. The van der Waals surface area contributed by atoms with E-state index in [0.717, 1.165) is 17.5 Å². The molecule has 2 rings (SSSR count). The summed E-state index contributed by atoms with van der Waals surface area (Å²) in [6.45, 7) is 1.57. The molecule has 3 nitrogen and oxygen atoms in total. The van der Waals surface area contributed by atoms with Crippen LogP contribution in [0, 0.1) is 5.92 Å². The van der Waals surface area contributed by atoms with Crippen LogP contribution in [0.5, 0.6) is 0 Å². The van der Waals surface area contributed by atoms with E-state index in [2.05, 4.69) is 27.3 Å². The molecular weight excluding hydrogens is 294 g/mol. The summed E-state index contributed by atoms with van der Waals surface area (Å²) in [6, 6.07) is 8.05. The van der Waals surface area contributed by atoms with E-state index in [1.807, 2.05) is 18.2 Å². The molecule has 98 valence electrons. The van der Waals surface area contributed by atoms with Crippen molar-refractivity contribution in [2.45, 2.75) is 19.3 Å². The summed E-state index contributed by atoms with van der Waals surface area (Å²) in [6.07, 6.45) is 3.34. The van der Waals surface area contributed by atoms with Crippen molar-refractivity contribution >= 4 is 21.8 Å². The van der Waals surface area contributed by atoms with Crippen molar-refractivity contribution in [2.24, 2.45) is 5.92 Å². The summed E-state index contributed by atoms with van der Waals surface area (Å²) in [5.74, 6) is 0.681. The van der Waals surface area contributed by atoms with Crippen molar-refractivity contribution in [3.8, 4) is 0 Å². The van der Waals surface area contributed by atoms with Crippen molar-refractivity contribution < 1.29 is 9.53 Å². The fourth-order valence-electron chi connectivity index (χ4n) is 1.69. The Hall–Kier alpha value is -0.870. The maximum Gasteiger partial charge on any atom is 0.246 e. The highest BCUT2D eigenvalue weighted by molar-refractivity contribution is 9.10. The molecule has 1 aromatic carbocycles. The van der Waals surface area contributed by atoms with E-state index in [0.29, 0.717) is 12.5 Å². The normalized spacial score (nSPS) is 14.5. The van der Waals surface area contributed by atoms with Crippen LogP contribution in [0.4, 0.5) is 0 Å². The van der Waals surface area contributed by atoms with Crippen molar-refractivity contribution in [1.82, 2.24) is 5.32 Å². The highest BCUT2D eigenvalue weighted by atomic mass is 79.9. The highest BCUT2D eigenvalue weighted by Gasteiger charge is 2.21. The minimum absolute atomic E-state index is 0.0253. The molecule has 0 spiro atoms. The van der Waals surface area contributed by atoms with Gasteiger partial charge in [0.25, 0.3) is 0 Å². The largest absolute Gasteiger partial charge is 0.371 e. The number of hydrogen-bond acceptors (Lipinski definition) is 2. The lowest BCUT2D eigenvalue weighted by Gasteiger charge is -2.07. The lowest BCUT2D eigenvalue weighted by molar-refractivity contribution is -0.125. The van der Waals surface area contributed by atoms with E-state index in [-0.39, 0.29) is 12.5 Å². The number of rotatable bonds is 7. The van der Waals surface area contributed by atoms with Crippen molar-refractivity contribution in [3.63, 3.8) is 0 Å². The van der Waals surface area contributed by atoms with Gasteiger partial charge in [0, 0.05) is 11.0 Å². The van der Waals surface area contributed by atoms with Gasteiger partial charge in [-0.2, -0.15) is 0 Å². The molecule has 1 N–H and O–H groups in total. The number of amides is 1. The summed E-state index contributed by atoms with van der Waals surface area (Å²) >= 11 is 3.49. The number of benzene rings is 1. The maximum atomic E-state index is 11.5. The zero-order chi connectivity index (χ0) is 12.8. The number of carbonyl (C=O) groups is 1.